The van der Waals surface area contributed by atoms with E-state index in [1.54, 1.807) is 7.05 Å². The van der Waals surface area contributed by atoms with Crippen LogP contribution >= 0.6 is 0 Å². The highest BCUT2D eigenvalue weighted by molar-refractivity contribution is 5.95. The van der Waals surface area contributed by atoms with E-state index in [1.165, 1.54) is 18.1 Å². The molecule has 1 amide bonds. The smallest absolute Gasteiger partial charge is 0.338 e. The molecule has 16 heavy (non-hydrogen) atoms. The first-order chi connectivity index (χ1) is 7.56. The van der Waals surface area contributed by atoms with E-state index in [-0.39, 0.29) is 17.2 Å². The van der Waals surface area contributed by atoms with Gasteiger partial charge in [0.25, 0.3) is 5.91 Å². The predicted molar refractivity (Wildman–Crippen MR) is 54.5 cm³/mol. The van der Waals surface area contributed by atoms with Gasteiger partial charge in [0.2, 0.25) is 0 Å². The molecule has 6 nitrogen and oxygen atoms in total. The lowest BCUT2D eigenvalue weighted by Crippen LogP contribution is -2.29. The van der Waals surface area contributed by atoms with Crippen molar-refractivity contribution >= 4 is 11.9 Å². The minimum atomic E-state index is -1.12. The number of carbonyl (C=O) groups is 2. The summed E-state index contributed by atoms with van der Waals surface area (Å²) in [6, 6.07) is 1.20. The number of rotatable bonds is 5. The zero-order valence-electron chi connectivity index (χ0n) is 9.10. The Bertz CT molecular complexity index is 384. The van der Waals surface area contributed by atoms with Crippen molar-refractivity contribution in [1.82, 2.24) is 4.90 Å². The number of aromatic carboxylic acids is 1. The molecule has 0 spiro atoms. The van der Waals surface area contributed by atoms with Gasteiger partial charge in [0.05, 0.1) is 12.2 Å². The number of hydrogen-bond donors (Lipinski definition) is 1. The summed E-state index contributed by atoms with van der Waals surface area (Å²) >= 11 is 0. The number of nitrogens with zero attached hydrogens (tertiary/aromatic N) is 1. The topological polar surface area (TPSA) is 80.0 Å². The second-order valence-electron chi connectivity index (χ2n) is 3.22. The fourth-order valence-electron chi connectivity index (χ4n) is 1.08. The first-order valence-corrected chi connectivity index (χ1v) is 4.62. The molecule has 1 N–H and O–H groups in total. The minimum Gasteiger partial charge on any atom is -0.478 e. The fraction of sp³-hybridized carbons (Fsp3) is 0.400. The zero-order valence-corrected chi connectivity index (χ0v) is 9.10. The maximum atomic E-state index is 11.7. The van der Waals surface area contributed by atoms with Gasteiger partial charge in [-0.2, -0.15) is 0 Å². The highest BCUT2D eigenvalue weighted by Gasteiger charge is 2.17. The van der Waals surface area contributed by atoms with Crippen LogP contribution in [0, 0.1) is 0 Å². The van der Waals surface area contributed by atoms with Gasteiger partial charge in [-0.15, -0.1) is 0 Å². The summed E-state index contributed by atoms with van der Waals surface area (Å²) in [5.74, 6) is -1.48. The Morgan fingerprint density at radius 1 is 1.56 bits per heavy atom. The third kappa shape index (κ3) is 2.83. The molecule has 1 aromatic heterocycles. The summed E-state index contributed by atoms with van der Waals surface area (Å²) in [5.41, 5.74) is -0.0384. The lowest BCUT2D eigenvalue weighted by Gasteiger charge is -2.14. The van der Waals surface area contributed by atoms with Crippen LogP contribution in [0.4, 0.5) is 0 Å². The molecule has 6 heteroatoms. The highest BCUT2D eigenvalue weighted by Crippen LogP contribution is 2.09. The molecule has 0 aliphatic heterocycles. The van der Waals surface area contributed by atoms with Gasteiger partial charge in [-0.05, 0) is 0 Å². The van der Waals surface area contributed by atoms with E-state index in [2.05, 4.69) is 0 Å². The van der Waals surface area contributed by atoms with E-state index < -0.39 is 5.97 Å². The molecule has 0 fully saturated rings. The molecular weight excluding hydrogens is 214 g/mol. The van der Waals surface area contributed by atoms with Crippen LogP contribution in [-0.4, -0.2) is 49.2 Å². The van der Waals surface area contributed by atoms with Crippen LogP contribution in [0.1, 0.15) is 20.9 Å². The van der Waals surface area contributed by atoms with E-state index >= 15 is 0 Å². The average molecular weight is 227 g/mol. The number of furan rings is 1. The van der Waals surface area contributed by atoms with Crippen LogP contribution in [-0.2, 0) is 4.74 Å². The average Bonchev–Trinajstić information content (AvgIpc) is 2.74. The number of carbonyl (C=O) groups excluding carboxylic acids is 1. The Hall–Kier alpha value is -1.82. The van der Waals surface area contributed by atoms with Crippen molar-refractivity contribution in [1.29, 1.82) is 0 Å². The molecule has 0 bridgehead atoms. The Morgan fingerprint density at radius 2 is 2.25 bits per heavy atom. The Morgan fingerprint density at radius 3 is 2.75 bits per heavy atom. The lowest BCUT2D eigenvalue weighted by atomic mass is 10.3. The third-order valence-electron chi connectivity index (χ3n) is 2.03. The van der Waals surface area contributed by atoms with Gasteiger partial charge >= 0.3 is 5.97 Å². The van der Waals surface area contributed by atoms with Crippen molar-refractivity contribution in [2.75, 3.05) is 27.3 Å². The van der Waals surface area contributed by atoms with Gasteiger partial charge in [-0.3, -0.25) is 4.79 Å². The van der Waals surface area contributed by atoms with Crippen molar-refractivity contribution in [3.63, 3.8) is 0 Å². The second kappa shape index (κ2) is 5.32. The number of carboxylic acids is 1. The molecule has 0 aliphatic carbocycles. The molecule has 0 aliphatic rings. The largest absolute Gasteiger partial charge is 0.478 e. The quantitative estimate of drug-likeness (QED) is 0.800. The van der Waals surface area contributed by atoms with E-state index in [0.717, 1.165) is 6.26 Å². The molecule has 0 unspecified atom stereocenters. The van der Waals surface area contributed by atoms with Crippen molar-refractivity contribution in [2.45, 2.75) is 0 Å². The lowest BCUT2D eigenvalue weighted by molar-refractivity contribution is 0.0693. The number of ether oxygens (including phenoxy) is 1. The van der Waals surface area contributed by atoms with Crippen LogP contribution in [0.2, 0.25) is 0 Å². The Balaban J connectivity index is 2.68. The van der Waals surface area contributed by atoms with Crippen molar-refractivity contribution < 1.29 is 23.8 Å². The van der Waals surface area contributed by atoms with Gasteiger partial charge in [-0.25, -0.2) is 4.79 Å². The van der Waals surface area contributed by atoms with Crippen LogP contribution in [0.25, 0.3) is 0 Å². The van der Waals surface area contributed by atoms with Crippen molar-refractivity contribution in [3.8, 4) is 0 Å². The number of hydrogen-bond acceptors (Lipinski definition) is 4. The molecular formula is C10H13NO5. The summed E-state index contributed by atoms with van der Waals surface area (Å²) in [4.78, 5) is 23.6. The summed E-state index contributed by atoms with van der Waals surface area (Å²) in [6.45, 7) is 0.827. The monoisotopic (exact) mass is 227 g/mol. The standard InChI is InChI=1S/C10H13NO5/c1-11(3-4-15-2)9(12)8-5-7(6-16-8)10(13)14/h5-6H,3-4H2,1-2H3,(H,13,14). The molecule has 0 saturated heterocycles. The van der Waals surface area contributed by atoms with Crippen molar-refractivity contribution in [2.24, 2.45) is 0 Å². The van der Waals surface area contributed by atoms with E-state index in [9.17, 15) is 9.59 Å². The van der Waals surface area contributed by atoms with Crippen molar-refractivity contribution in [3.05, 3.63) is 23.7 Å². The summed E-state index contributed by atoms with van der Waals surface area (Å²) in [5, 5.41) is 8.66. The molecule has 0 aromatic carbocycles. The SMILES string of the molecule is COCCN(C)C(=O)c1cc(C(=O)O)co1. The molecule has 0 atom stereocenters. The number of carboxylic acid groups (broad SMARTS) is 1. The zero-order chi connectivity index (χ0) is 12.1. The van der Waals surface area contributed by atoms with E-state index in [1.807, 2.05) is 0 Å². The molecule has 1 aromatic rings. The van der Waals surface area contributed by atoms with E-state index in [0.29, 0.717) is 13.2 Å². The maximum absolute atomic E-state index is 11.7. The Kier molecular flexibility index (Phi) is 4.07. The molecule has 1 heterocycles. The highest BCUT2D eigenvalue weighted by atomic mass is 16.5. The molecule has 1 rings (SSSR count). The molecule has 0 radical (unpaired) electrons. The van der Waals surface area contributed by atoms with Gasteiger partial charge in [-0.1, -0.05) is 0 Å². The summed E-state index contributed by atoms with van der Waals surface area (Å²) in [7, 11) is 3.12. The van der Waals surface area contributed by atoms with Gasteiger partial charge in [0, 0.05) is 26.8 Å². The van der Waals surface area contributed by atoms with Crippen LogP contribution in [0.5, 0.6) is 0 Å². The normalized spacial score (nSPS) is 10.1. The molecule has 0 saturated carbocycles. The van der Waals surface area contributed by atoms with Gasteiger partial charge in [0.1, 0.15) is 6.26 Å². The Labute approximate surface area is 92.4 Å². The third-order valence-corrected chi connectivity index (χ3v) is 2.03. The van der Waals surface area contributed by atoms with Crippen LogP contribution in [0.15, 0.2) is 16.7 Å². The minimum absolute atomic E-state index is 0.0102. The van der Waals surface area contributed by atoms with E-state index in [4.69, 9.17) is 14.3 Å². The summed E-state index contributed by atoms with van der Waals surface area (Å²) in [6.07, 6.45) is 1.04. The summed E-state index contributed by atoms with van der Waals surface area (Å²) < 4.78 is 9.70. The van der Waals surface area contributed by atoms with Gasteiger partial charge in [0.15, 0.2) is 5.76 Å². The first kappa shape index (κ1) is 12.3. The van der Waals surface area contributed by atoms with Crippen LogP contribution in [0.3, 0.4) is 0 Å². The second-order valence-corrected chi connectivity index (χ2v) is 3.22. The van der Waals surface area contributed by atoms with Gasteiger partial charge < -0.3 is 19.2 Å². The maximum Gasteiger partial charge on any atom is 0.338 e. The number of amides is 1. The van der Waals surface area contributed by atoms with Crippen LogP contribution < -0.4 is 0 Å². The number of likely N-dealkylation sites (N-methyl/N-ethyl adjacent to an activating group) is 1. The molecule has 88 valence electrons. The first-order valence-electron chi connectivity index (χ1n) is 4.62. The fourth-order valence-corrected chi connectivity index (χ4v) is 1.08. The predicted octanol–water partition coefficient (Wildman–Crippen LogP) is 0.696. The number of methoxy groups -OCH3 is 1.